The minimum Gasteiger partial charge on any atom is -0.308 e. The van der Waals surface area contributed by atoms with Gasteiger partial charge in [-0.15, -0.1) is 0 Å². The van der Waals surface area contributed by atoms with Gasteiger partial charge in [-0.3, -0.25) is 0 Å². The summed E-state index contributed by atoms with van der Waals surface area (Å²) < 4.78 is 27.5. The minimum atomic E-state index is -2.77. The molecule has 1 nitrogen and oxygen atoms in total. The van der Waals surface area contributed by atoms with Gasteiger partial charge in [-0.25, -0.2) is 0 Å². The fraction of sp³-hybridized carbons (Fsp3) is 0.538. The molecule has 1 fully saturated rings. The molecular weight excluding hydrogens is 208 g/mol. The van der Waals surface area contributed by atoms with Crippen molar-refractivity contribution in [2.45, 2.75) is 31.7 Å². The second kappa shape index (κ2) is 4.50. The summed E-state index contributed by atoms with van der Waals surface area (Å²) in [6.45, 7) is 1.72. The van der Waals surface area contributed by atoms with Gasteiger partial charge < -0.3 is 5.32 Å². The Morgan fingerprint density at radius 2 is 1.94 bits per heavy atom. The van der Waals surface area contributed by atoms with Gasteiger partial charge in [-0.2, -0.15) is 8.78 Å². The van der Waals surface area contributed by atoms with Crippen LogP contribution >= 0.6 is 0 Å². The second-order valence-electron chi connectivity index (χ2n) is 4.58. The van der Waals surface area contributed by atoms with E-state index in [9.17, 15) is 8.78 Å². The summed E-state index contributed by atoms with van der Waals surface area (Å²) in [4.78, 5) is 0. The molecule has 0 amide bonds. The third-order valence-electron chi connectivity index (χ3n) is 3.17. The van der Waals surface area contributed by atoms with Crippen LogP contribution in [0.2, 0.25) is 0 Å². The van der Waals surface area contributed by atoms with Crippen LogP contribution < -0.4 is 5.32 Å². The lowest BCUT2D eigenvalue weighted by Gasteiger charge is -2.20. The number of hydrogen-bond donors (Lipinski definition) is 1. The number of halogens is 2. The molecule has 1 aromatic rings. The van der Waals surface area contributed by atoms with Crippen LogP contribution in [0.25, 0.3) is 0 Å². The molecule has 16 heavy (non-hydrogen) atoms. The Balaban J connectivity index is 1.91. The molecule has 1 atom stereocenters. The van der Waals surface area contributed by atoms with Crippen molar-refractivity contribution in [3.63, 3.8) is 0 Å². The zero-order valence-electron chi connectivity index (χ0n) is 9.42. The maximum Gasteiger partial charge on any atom is 0.285 e. The average molecular weight is 225 g/mol. The van der Waals surface area contributed by atoms with Crippen molar-refractivity contribution in [3.05, 3.63) is 35.9 Å². The first-order valence-electron chi connectivity index (χ1n) is 5.76. The SMILES string of the molecule is CC(NCC(F)(F)c1ccccc1)C1CC1. The van der Waals surface area contributed by atoms with Crippen molar-refractivity contribution in [2.75, 3.05) is 6.54 Å². The van der Waals surface area contributed by atoms with Gasteiger partial charge in [0.05, 0.1) is 6.54 Å². The van der Waals surface area contributed by atoms with Crippen LogP contribution in [0.5, 0.6) is 0 Å². The van der Waals surface area contributed by atoms with E-state index in [0.717, 1.165) is 0 Å². The van der Waals surface area contributed by atoms with Gasteiger partial charge in [0, 0.05) is 11.6 Å². The van der Waals surface area contributed by atoms with Crippen LogP contribution in [-0.2, 0) is 5.92 Å². The Morgan fingerprint density at radius 1 is 1.31 bits per heavy atom. The maximum atomic E-state index is 13.7. The van der Waals surface area contributed by atoms with Crippen molar-refractivity contribution < 1.29 is 8.78 Å². The summed E-state index contributed by atoms with van der Waals surface area (Å²) >= 11 is 0. The van der Waals surface area contributed by atoms with Crippen LogP contribution in [0.15, 0.2) is 30.3 Å². The van der Waals surface area contributed by atoms with Gasteiger partial charge in [-0.1, -0.05) is 30.3 Å². The number of nitrogens with one attached hydrogen (secondary N) is 1. The zero-order chi connectivity index (χ0) is 11.6. The van der Waals surface area contributed by atoms with E-state index in [-0.39, 0.29) is 18.2 Å². The highest BCUT2D eigenvalue weighted by Crippen LogP contribution is 2.33. The van der Waals surface area contributed by atoms with E-state index in [2.05, 4.69) is 5.32 Å². The van der Waals surface area contributed by atoms with Crippen molar-refractivity contribution in [1.29, 1.82) is 0 Å². The molecule has 1 saturated carbocycles. The van der Waals surface area contributed by atoms with Crippen molar-refractivity contribution >= 4 is 0 Å². The van der Waals surface area contributed by atoms with Gasteiger partial charge in [-0.05, 0) is 25.7 Å². The Morgan fingerprint density at radius 3 is 2.50 bits per heavy atom. The summed E-state index contributed by atoms with van der Waals surface area (Å²) in [7, 11) is 0. The maximum absolute atomic E-state index is 13.7. The van der Waals surface area contributed by atoms with E-state index < -0.39 is 5.92 Å². The molecule has 0 bridgehead atoms. The first kappa shape index (κ1) is 11.5. The first-order valence-corrected chi connectivity index (χ1v) is 5.76. The molecule has 0 heterocycles. The number of alkyl halides is 2. The summed E-state index contributed by atoms with van der Waals surface area (Å²) in [5.74, 6) is -2.17. The highest BCUT2D eigenvalue weighted by atomic mass is 19.3. The van der Waals surface area contributed by atoms with Gasteiger partial charge in [0.25, 0.3) is 5.92 Å². The molecule has 0 spiro atoms. The van der Waals surface area contributed by atoms with E-state index in [0.29, 0.717) is 5.92 Å². The lowest BCUT2D eigenvalue weighted by atomic mass is 10.1. The molecule has 0 radical (unpaired) electrons. The van der Waals surface area contributed by atoms with Crippen molar-refractivity contribution in [3.8, 4) is 0 Å². The Bertz CT molecular complexity index is 333. The molecule has 1 N–H and O–H groups in total. The topological polar surface area (TPSA) is 12.0 Å². The smallest absolute Gasteiger partial charge is 0.285 e. The molecule has 1 unspecified atom stereocenters. The van der Waals surface area contributed by atoms with E-state index >= 15 is 0 Å². The minimum absolute atomic E-state index is 0.0884. The molecule has 0 aliphatic heterocycles. The highest BCUT2D eigenvalue weighted by molar-refractivity contribution is 5.20. The van der Waals surface area contributed by atoms with Crippen LogP contribution in [0.1, 0.15) is 25.3 Å². The standard InChI is InChI=1S/C13H17F2N/c1-10(11-7-8-11)16-9-13(14,15)12-5-3-2-4-6-12/h2-6,10-11,16H,7-9H2,1H3. The van der Waals surface area contributed by atoms with Gasteiger partial charge in [0.1, 0.15) is 0 Å². The number of rotatable bonds is 5. The Kier molecular flexibility index (Phi) is 3.24. The normalized spacial score (nSPS) is 18.4. The number of hydrogen-bond acceptors (Lipinski definition) is 1. The Hall–Kier alpha value is -0.960. The first-order chi connectivity index (χ1) is 7.59. The van der Waals surface area contributed by atoms with E-state index in [1.54, 1.807) is 18.2 Å². The molecule has 0 saturated heterocycles. The van der Waals surface area contributed by atoms with Gasteiger partial charge in [0.2, 0.25) is 0 Å². The monoisotopic (exact) mass is 225 g/mol. The summed E-state index contributed by atoms with van der Waals surface area (Å²) in [6.07, 6.45) is 2.34. The molecule has 88 valence electrons. The zero-order valence-corrected chi connectivity index (χ0v) is 9.42. The quantitative estimate of drug-likeness (QED) is 0.811. The Labute approximate surface area is 94.9 Å². The molecule has 1 aliphatic carbocycles. The highest BCUT2D eigenvalue weighted by Gasteiger charge is 2.34. The van der Waals surface area contributed by atoms with E-state index in [4.69, 9.17) is 0 Å². The van der Waals surface area contributed by atoms with Gasteiger partial charge >= 0.3 is 0 Å². The molecular formula is C13H17F2N. The van der Waals surface area contributed by atoms with Crippen LogP contribution in [0, 0.1) is 5.92 Å². The summed E-state index contributed by atoms with van der Waals surface area (Å²) in [5.41, 5.74) is 0.0884. The van der Waals surface area contributed by atoms with Gasteiger partial charge in [0.15, 0.2) is 0 Å². The fourth-order valence-corrected chi connectivity index (χ4v) is 1.84. The molecule has 1 aliphatic rings. The summed E-state index contributed by atoms with van der Waals surface area (Å²) in [5, 5.41) is 2.93. The lowest BCUT2D eigenvalue weighted by Crippen LogP contribution is -2.37. The van der Waals surface area contributed by atoms with Crippen LogP contribution in [-0.4, -0.2) is 12.6 Å². The third kappa shape index (κ3) is 2.79. The van der Waals surface area contributed by atoms with Crippen molar-refractivity contribution in [2.24, 2.45) is 5.92 Å². The molecule has 2 rings (SSSR count). The predicted molar refractivity (Wildman–Crippen MR) is 60.5 cm³/mol. The second-order valence-corrected chi connectivity index (χ2v) is 4.58. The molecule has 3 heteroatoms. The van der Waals surface area contributed by atoms with E-state index in [1.807, 2.05) is 6.92 Å². The largest absolute Gasteiger partial charge is 0.308 e. The van der Waals surface area contributed by atoms with E-state index in [1.165, 1.54) is 25.0 Å². The predicted octanol–water partition coefficient (Wildman–Crippen LogP) is 3.17. The third-order valence-corrected chi connectivity index (χ3v) is 3.17. The average Bonchev–Trinajstić information content (AvgIpc) is 3.11. The van der Waals surface area contributed by atoms with Crippen molar-refractivity contribution in [1.82, 2.24) is 5.32 Å². The molecule has 0 aromatic heterocycles. The van der Waals surface area contributed by atoms with Crippen LogP contribution in [0.3, 0.4) is 0 Å². The lowest BCUT2D eigenvalue weighted by molar-refractivity contribution is -0.00583. The fourth-order valence-electron chi connectivity index (χ4n) is 1.84. The summed E-state index contributed by atoms with van der Waals surface area (Å²) in [6, 6.07) is 8.20. The number of benzene rings is 1. The van der Waals surface area contributed by atoms with Crippen LogP contribution in [0.4, 0.5) is 8.78 Å². The molecule has 1 aromatic carbocycles.